The molecule has 0 spiro atoms. The number of rotatable bonds is 2. The van der Waals surface area contributed by atoms with Gasteiger partial charge in [-0.25, -0.2) is 19.2 Å². The molecule has 198 valence electrons. The standard InChI is InChI=1S/2C10H20N2O2.C2H2O4/c2*1-7-5-11-6-8(7)12-9(13)14-10(2,3)4;3-1(4)2(5)6/h2*7-8,11H,5-6H2,1-4H3,(H,12,13);(H,3,4)(H,5,6). The second-order valence-electron chi connectivity index (χ2n) is 10.4. The Bertz CT molecular complexity index is 629. The molecule has 2 amide bonds. The number of carbonyl (C=O) groups excluding carboxylic acids is 2. The summed E-state index contributed by atoms with van der Waals surface area (Å²) < 4.78 is 10.3. The van der Waals surface area contributed by atoms with Gasteiger partial charge in [-0.2, -0.15) is 0 Å². The van der Waals surface area contributed by atoms with E-state index in [2.05, 4.69) is 35.1 Å². The largest absolute Gasteiger partial charge is 0.473 e. The molecule has 4 atom stereocenters. The maximum absolute atomic E-state index is 11.4. The fraction of sp³-hybridized carbons (Fsp3) is 0.818. The number of aliphatic carboxylic acids is 2. The number of hydrogen-bond donors (Lipinski definition) is 6. The first-order valence-corrected chi connectivity index (χ1v) is 11.3. The molecule has 0 saturated carbocycles. The Hall–Kier alpha value is -2.60. The first kappa shape index (κ1) is 31.4. The maximum atomic E-state index is 11.4. The lowest BCUT2D eigenvalue weighted by Gasteiger charge is -2.22. The van der Waals surface area contributed by atoms with Crippen LogP contribution in [0, 0.1) is 11.8 Å². The highest BCUT2D eigenvalue weighted by Gasteiger charge is 2.27. The van der Waals surface area contributed by atoms with Crippen molar-refractivity contribution in [3.05, 3.63) is 0 Å². The summed E-state index contributed by atoms with van der Waals surface area (Å²) in [6.07, 6.45) is -0.642. The molecule has 12 nitrogen and oxygen atoms in total. The van der Waals surface area contributed by atoms with E-state index in [1.165, 1.54) is 0 Å². The Morgan fingerprint density at radius 1 is 0.676 bits per heavy atom. The Morgan fingerprint density at radius 3 is 1.15 bits per heavy atom. The van der Waals surface area contributed by atoms with Crippen molar-refractivity contribution in [3.8, 4) is 0 Å². The van der Waals surface area contributed by atoms with Crippen molar-refractivity contribution < 1.29 is 38.9 Å². The van der Waals surface area contributed by atoms with Gasteiger partial charge in [-0.3, -0.25) is 0 Å². The molecule has 0 aliphatic carbocycles. The molecule has 2 rings (SSSR count). The van der Waals surface area contributed by atoms with E-state index in [0.29, 0.717) is 11.8 Å². The minimum absolute atomic E-state index is 0.199. The van der Waals surface area contributed by atoms with Crippen molar-refractivity contribution in [2.24, 2.45) is 11.8 Å². The Balaban J connectivity index is 0.000000521. The van der Waals surface area contributed by atoms with Gasteiger partial charge in [-0.15, -0.1) is 0 Å². The van der Waals surface area contributed by atoms with Gasteiger partial charge in [0.05, 0.1) is 0 Å². The molecule has 34 heavy (non-hydrogen) atoms. The molecule has 2 aliphatic heterocycles. The second kappa shape index (κ2) is 14.0. The highest BCUT2D eigenvalue weighted by molar-refractivity contribution is 6.27. The number of carbonyl (C=O) groups is 4. The van der Waals surface area contributed by atoms with E-state index in [1.807, 2.05) is 41.5 Å². The number of amides is 2. The number of hydrogen-bond acceptors (Lipinski definition) is 8. The van der Waals surface area contributed by atoms with E-state index in [4.69, 9.17) is 29.3 Å². The van der Waals surface area contributed by atoms with Gasteiger partial charge in [0.1, 0.15) is 11.2 Å². The third-order valence-electron chi connectivity index (χ3n) is 4.62. The molecule has 2 fully saturated rings. The van der Waals surface area contributed by atoms with Crippen LogP contribution < -0.4 is 21.3 Å². The van der Waals surface area contributed by atoms with Crippen LogP contribution in [0.2, 0.25) is 0 Å². The smallest absolute Gasteiger partial charge is 0.414 e. The van der Waals surface area contributed by atoms with E-state index in [1.54, 1.807) is 0 Å². The normalized spacial score (nSPS) is 23.9. The minimum atomic E-state index is -1.82. The van der Waals surface area contributed by atoms with E-state index < -0.39 is 23.1 Å². The lowest BCUT2D eigenvalue weighted by molar-refractivity contribution is -0.159. The van der Waals surface area contributed by atoms with Gasteiger partial charge in [-0.05, 0) is 66.5 Å². The van der Waals surface area contributed by atoms with Crippen LogP contribution in [0.25, 0.3) is 0 Å². The molecule has 0 radical (unpaired) electrons. The SMILES string of the molecule is CC1CNCC1NC(=O)OC(C)(C)C.CC1CNCC1NC(=O)OC(C)(C)C.O=C(O)C(=O)O. The van der Waals surface area contributed by atoms with Crippen LogP contribution in [-0.2, 0) is 19.1 Å². The van der Waals surface area contributed by atoms with Crippen LogP contribution in [0.5, 0.6) is 0 Å². The molecule has 2 aliphatic rings. The highest BCUT2D eigenvalue weighted by atomic mass is 16.6. The topological polar surface area (TPSA) is 175 Å². The van der Waals surface area contributed by atoms with Gasteiger partial charge >= 0.3 is 24.1 Å². The number of carboxylic acids is 2. The molecule has 2 saturated heterocycles. The summed E-state index contributed by atoms with van der Waals surface area (Å²) in [7, 11) is 0. The van der Waals surface area contributed by atoms with Gasteiger partial charge in [0.25, 0.3) is 0 Å². The third kappa shape index (κ3) is 15.3. The summed E-state index contributed by atoms with van der Waals surface area (Å²) in [6, 6.07) is 0.398. The number of alkyl carbamates (subject to hydrolysis) is 2. The summed E-state index contributed by atoms with van der Waals surface area (Å²) in [5.74, 6) is -2.70. The number of nitrogens with one attached hydrogen (secondary N) is 4. The molecule has 0 aromatic carbocycles. The molecule has 12 heteroatoms. The zero-order chi connectivity index (χ0) is 26.7. The predicted molar refractivity (Wildman–Crippen MR) is 126 cm³/mol. The molecule has 0 bridgehead atoms. The van der Waals surface area contributed by atoms with Crippen molar-refractivity contribution in [2.45, 2.75) is 78.7 Å². The third-order valence-corrected chi connectivity index (χ3v) is 4.62. The maximum Gasteiger partial charge on any atom is 0.414 e. The van der Waals surface area contributed by atoms with Crippen molar-refractivity contribution in [1.82, 2.24) is 21.3 Å². The van der Waals surface area contributed by atoms with E-state index in [-0.39, 0.29) is 24.3 Å². The summed E-state index contributed by atoms with van der Waals surface area (Å²) in [4.78, 5) is 41.0. The number of carboxylic acid groups (broad SMARTS) is 2. The van der Waals surface area contributed by atoms with Crippen LogP contribution in [0.1, 0.15) is 55.4 Å². The average Bonchev–Trinajstić information content (AvgIpc) is 3.21. The van der Waals surface area contributed by atoms with Crippen molar-refractivity contribution in [1.29, 1.82) is 0 Å². The van der Waals surface area contributed by atoms with E-state index in [9.17, 15) is 9.59 Å². The first-order valence-electron chi connectivity index (χ1n) is 11.3. The fourth-order valence-corrected chi connectivity index (χ4v) is 2.92. The minimum Gasteiger partial charge on any atom is -0.473 e. The van der Waals surface area contributed by atoms with Gasteiger partial charge in [0.15, 0.2) is 0 Å². The highest BCUT2D eigenvalue weighted by Crippen LogP contribution is 2.11. The van der Waals surface area contributed by atoms with Gasteiger partial charge in [-0.1, -0.05) is 13.8 Å². The van der Waals surface area contributed by atoms with E-state index in [0.717, 1.165) is 26.2 Å². The van der Waals surface area contributed by atoms with Gasteiger partial charge in [0.2, 0.25) is 0 Å². The zero-order valence-corrected chi connectivity index (χ0v) is 21.5. The molecular formula is C22H42N4O8. The molecule has 0 aromatic heterocycles. The lowest BCUT2D eigenvalue weighted by Crippen LogP contribution is -2.42. The van der Waals surface area contributed by atoms with Crippen molar-refractivity contribution >= 4 is 24.1 Å². The molecule has 4 unspecified atom stereocenters. The summed E-state index contributed by atoms with van der Waals surface area (Å²) in [5, 5.41) is 26.9. The monoisotopic (exact) mass is 490 g/mol. The lowest BCUT2D eigenvalue weighted by atomic mass is 10.1. The Labute approximate surface area is 201 Å². The van der Waals surface area contributed by atoms with Gasteiger partial charge < -0.3 is 41.0 Å². The Morgan fingerprint density at radius 2 is 0.971 bits per heavy atom. The Kier molecular flexibility index (Phi) is 12.9. The van der Waals surface area contributed by atoms with Crippen LogP contribution in [-0.4, -0.2) is 83.8 Å². The van der Waals surface area contributed by atoms with Gasteiger partial charge in [0, 0.05) is 25.2 Å². The van der Waals surface area contributed by atoms with Crippen molar-refractivity contribution in [3.63, 3.8) is 0 Å². The summed E-state index contributed by atoms with van der Waals surface area (Å²) >= 11 is 0. The molecular weight excluding hydrogens is 448 g/mol. The van der Waals surface area contributed by atoms with Crippen LogP contribution in [0.3, 0.4) is 0 Å². The quantitative estimate of drug-likeness (QED) is 0.310. The molecule has 0 aromatic rings. The number of ether oxygens (including phenoxy) is 2. The van der Waals surface area contributed by atoms with E-state index >= 15 is 0 Å². The van der Waals surface area contributed by atoms with Crippen molar-refractivity contribution in [2.75, 3.05) is 26.2 Å². The average molecular weight is 491 g/mol. The fourth-order valence-electron chi connectivity index (χ4n) is 2.92. The van der Waals surface area contributed by atoms with Crippen LogP contribution in [0.4, 0.5) is 9.59 Å². The predicted octanol–water partition coefficient (Wildman–Crippen LogP) is 1.39. The second-order valence-corrected chi connectivity index (χ2v) is 10.4. The molecule has 2 heterocycles. The van der Waals surface area contributed by atoms with Crippen LogP contribution >= 0.6 is 0 Å². The summed E-state index contributed by atoms with van der Waals surface area (Å²) in [6.45, 7) is 19.0. The zero-order valence-electron chi connectivity index (χ0n) is 21.5. The molecule has 6 N–H and O–H groups in total. The first-order chi connectivity index (χ1) is 15.4. The summed E-state index contributed by atoms with van der Waals surface area (Å²) in [5.41, 5.74) is -0.835. The van der Waals surface area contributed by atoms with Crippen LogP contribution in [0.15, 0.2) is 0 Å².